The molecule has 0 amide bonds. The Bertz CT molecular complexity index is 412. The van der Waals surface area contributed by atoms with Crippen LogP contribution in [0.1, 0.15) is 24.6 Å². The first-order valence-electron chi connectivity index (χ1n) is 4.92. The van der Waals surface area contributed by atoms with E-state index in [1.807, 2.05) is 0 Å². The lowest BCUT2D eigenvalue weighted by atomic mass is 10.2. The Kier molecular flexibility index (Phi) is 2.46. The van der Waals surface area contributed by atoms with Crippen LogP contribution in [0.5, 0.6) is 0 Å². The second kappa shape index (κ2) is 3.77. The number of methoxy groups -OCH3 is 1. The van der Waals surface area contributed by atoms with E-state index < -0.39 is 0 Å². The second-order valence-electron chi connectivity index (χ2n) is 3.72. The Morgan fingerprint density at radius 1 is 1.73 bits per heavy atom. The molecule has 0 radical (unpaired) electrons. The van der Waals surface area contributed by atoms with Gasteiger partial charge in [-0.2, -0.15) is 5.26 Å². The molecule has 4 nitrogen and oxygen atoms in total. The molecule has 1 aliphatic carbocycles. The summed E-state index contributed by atoms with van der Waals surface area (Å²) >= 11 is 0. The molecule has 2 rings (SSSR count). The standard InChI is InChI=1S/C11H12N2O2/c1-15-11(14)10(8-4-5-8)13-6-2-3-9(13)7-12/h2-3,6,8,10H,4-5H2,1H3. The van der Waals surface area contributed by atoms with Gasteiger partial charge in [-0.05, 0) is 30.9 Å². The van der Waals surface area contributed by atoms with E-state index in [9.17, 15) is 4.79 Å². The van der Waals surface area contributed by atoms with Gasteiger partial charge in [-0.15, -0.1) is 0 Å². The van der Waals surface area contributed by atoms with Gasteiger partial charge in [-0.3, -0.25) is 0 Å². The molecule has 0 N–H and O–H groups in total. The van der Waals surface area contributed by atoms with Crippen molar-refractivity contribution < 1.29 is 9.53 Å². The molecule has 1 saturated carbocycles. The third-order valence-electron chi connectivity index (χ3n) is 2.70. The minimum Gasteiger partial charge on any atom is -0.467 e. The summed E-state index contributed by atoms with van der Waals surface area (Å²) in [6.07, 6.45) is 3.82. The Morgan fingerprint density at radius 3 is 3.00 bits per heavy atom. The number of nitriles is 1. The molecule has 15 heavy (non-hydrogen) atoms. The number of rotatable bonds is 3. The quantitative estimate of drug-likeness (QED) is 0.701. The smallest absolute Gasteiger partial charge is 0.329 e. The van der Waals surface area contributed by atoms with Crippen molar-refractivity contribution in [3.63, 3.8) is 0 Å². The molecule has 1 aromatic heterocycles. The lowest BCUT2D eigenvalue weighted by Crippen LogP contribution is -2.23. The van der Waals surface area contributed by atoms with Crippen molar-refractivity contribution in [3.8, 4) is 6.07 Å². The minimum atomic E-state index is -0.320. The number of esters is 1. The van der Waals surface area contributed by atoms with Crippen molar-refractivity contribution in [2.75, 3.05) is 7.11 Å². The summed E-state index contributed by atoms with van der Waals surface area (Å²) in [4.78, 5) is 11.6. The average molecular weight is 204 g/mol. The van der Waals surface area contributed by atoms with Crippen LogP contribution >= 0.6 is 0 Å². The fraction of sp³-hybridized carbons (Fsp3) is 0.455. The van der Waals surface area contributed by atoms with Crippen LogP contribution in [-0.2, 0) is 9.53 Å². The molecular formula is C11H12N2O2. The van der Waals surface area contributed by atoms with Crippen LogP contribution in [0.4, 0.5) is 0 Å². The topological polar surface area (TPSA) is 55.0 Å². The fourth-order valence-electron chi connectivity index (χ4n) is 1.80. The number of hydrogen-bond acceptors (Lipinski definition) is 3. The van der Waals surface area contributed by atoms with Gasteiger partial charge in [0.2, 0.25) is 0 Å². The van der Waals surface area contributed by atoms with E-state index in [4.69, 9.17) is 10.00 Å². The molecule has 0 bridgehead atoms. The van der Waals surface area contributed by atoms with Crippen molar-refractivity contribution in [1.82, 2.24) is 4.57 Å². The van der Waals surface area contributed by atoms with Crippen molar-refractivity contribution in [1.29, 1.82) is 5.26 Å². The largest absolute Gasteiger partial charge is 0.467 e. The Balaban J connectivity index is 2.32. The van der Waals surface area contributed by atoms with E-state index >= 15 is 0 Å². The van der Waals surface area contributed by atoms with E-state index in [1.165, 1.54) is 7.11 Å². The zero-order valence-electron chi connectivity index (χ0n) is 8.51. The van der Waals surface area contributed by atoms with Crippen molar-refractivity contribution in [3.05, 3.63) is 24.0 Å². The third kappa shape index (κ3) is 1.73. The summed E-state index contributed by atoms with van der Waals surface area (Å²) in [6.45, 7) is 0. The van der Waals surface area contributed by atoms with Crippen LogP contribution in [0, 0.1) is 17.2 Å². The molecule has 1 fully saturated rings. The number of ether oxygens (including phenoxy) is 1. The molecule has 1 unspecified atom stereocenters. The van der Waals surface area contributed by atoms with Gasteiger partial charge < -0.3 is 9.30 Å². The molecule has 78 valence electrons. The van der Waals surface area contributed by atoms with E-state index in [2.05, 4.69) is 6.07 Å². The molecule has 0 spiro atoms. The lowest BCUT2D eigenvalue weighted by Gasteiger charge is -2.16. The highest BCUT2D eigenvalue weighted by molar-refractivity contribution is 5.75. The second-order valence-corrected chi connectivity index (χ2v) is 3.72. The first kappa shape index (κ1) is 9.78. The number of carbonyl (C=O) groups excluding carboxylic acids is 1. The van der Waals surface area contributed by atoms with E-state index in [-0.39, 0.29) is 12.0 Å². The van der Waals surface area contributed by atoms with Crippen LogP contribution in [0.15, 0.2) is 18.3 Å². The number of nitrogens with zero attached hydrogens (tertiary/aromatic N) is 2. The average Bonchev–Trinajstić information content (AvgIpc) is 2.96. The normalized spacial score (nSPS) is 16.8. The predicted octanol–water partition coefficient (Wildman–Crippen LogP) is 1.48. The molecule has 0 saturated heterocycles. The van der Waals surface area contributed by atoms with Gasteiger partial charge in [-0.1, -0.05) is 0 Å². The van der Waals surface area contributed by atoms with Crippen LogP contribution in [-0.4, -0.2) is 17.6 Å². The first-order valence-corrected chi connectivity index (χ1v) is 4.92. The zero-order chi connectivity index (χ0) is 10.8. The maximum Gasteiger partial charge on any atom is 0.329 e. The third-order valence-corrected chi connectivity index (χ3v) is 2.70. The first-order chi connectivity index (χ1) is 7.27. The van der Waals surface area contributed by atoms with Gasteiger partial charge in [0.05, 0.1) is 7.11 Å². The Morgan fingerprint density at radius 2 is 2.47 bits per heavy atom. The Hall–Kier alpha value is -1.76. The van der Waals surface area contributed by atoms with Crippen molar-refractivity contribution in [2.24, 2.45) is 5.92 Å². The SMILES string of the molecule is COC(=O)C(C1CC1)n1cccc1C#N. The van der Waals surface area contributed by atoms with Crippen molar-refractivity contribution >= 4 is 5.97 Å². The highest BCUT2D eigenvalue weighted by Gasteiger charge is 2.38. The van der Waals surface area contributed by atoms with Gasteiger partial charge >= 0.3 is 5.97 Å². The minimum absolute atomic E-state index is 0.259. The maximum atomic E-state index is 11.6. The summed E-state index contributed by atoms with van der Waals surface area (Å²) in [5, 5.41) is 8.89. The van der Waals surface area contributed by atoms with E-state index in [1.54, 1.807) is 22.9 Å². The van der Waals surface area contributed by atoms with E-state index in [0.717, 1.165) is 12.8 Å². The van der Waals surface area contributed by atoms with Crippen LogP contribution < -0.4 is 0 Å². The molecular weight excluding hydrogens is 192 g/mol. The predicted molar refractivity (Wildman–Crippen MR) is 52.9 cm³/mol. The molecule has 0 aliphatic heterocycles. The van der Waals surface area contributed by atoms with Gasteiger partial charge in [0.1, 0.15) is 17.8 Å². The number of carbonyl (C=O) groups is 1. The molecule has 0 aromatic carbocycles. The monoisotopic (exact) mass is 204 g/mol. The zero-order valence-corrected chi connectivity index (χ0v) is 8.51. The van der Waals surface area contributed by atoms with Gasteiger partial charge in [-0.25, -0.2) is 4.79 Å². The molecule has 1 aliphatic rings. The van der Waals surface area contributed by atoms with Gasteiger partial charge in [0.15, 0.2) is 0 Å². The molecule has 1 aromatic rings. The van der Waals surface area contributed by atoms with Crippen LogP contribution in [0.25, 0.3) is 0 Å². The van der Waals surface area contributed by atoms with Gasteiger partial charge in [0, 0.05) is 6.20 Å². The molecule has 1 atom stereocenters. The highest BCUT2D eigenvalue weighted by Crippen LogP contribution is 2.40. The molecule has 1 heterocycles. The lowest BCUT2D eigenvalue weighted by molar-refractivity contribution is -0.145. The maximum absolute atomic E-state index is 11.6. The summed E-state index contributed by atoms with van der Waals surface area (Å²) in [5.41, 5.74) is 0.511. The summed E-state index contributed by atoms with van der Waals surface area (Å²) in [5.74, 6) is 0.0714. The van der Waals surface area contributed by atoms with Crippen LogP contribution in [0.3, 0.4) is 0 Å². The Labute approximate surface area is 88.1 Å². The summed E-state index contributed by atoms with van der Waals surface area (Å²) in [6, 6.07) is 5.23. The molecule has 4 heteroatoms. The van der Waals surface area contributed by atoms with Crippen LogP contribution in [0.2, 0.25) is 0 Å². The highest BCUT2D eigenvalue weighted by atomic mass is 16.5. The van der Waals surface area contributed by atoms with Crippen molar-refractivity contribution in [2.45, 2.75) is 18.9 Å². The van der Waals surface area contributed by atoms with E-state index in [0.29, 0.717) is 11.6 Å². The summed E-state index contributed by atoms with van der Waals surface area (Å²) < 4.78 is 6.48. The summed E-state index contributed by atoms with van der Waals surface area (Å²) in [7, 11) is 1.38. The van der Waals surface area contributed by atoms with Gasteiger partial charge in [0.25, 0.3) is 0 Å². The number of hydrogen-bond donors (Lipinski definition) is 0. The fourth-order valence-corrected chi connectivity index (χ4v) is 1.80. The number of aromatic nitrogens is 1.